The number of fused-ring (bicyclic) bond motifs is 1. The Kier molecular flexibility index (Phi) is 6.34. The molecule has 1 aliphatic carbocycles. The number of benzene rings is 1. The van der Waals surface area contributed by atoms with E-state index in [9.17, 15) is 0 Å². The molecular formula is C23H32ClN7. The number of nitrogens with zero attached hydrogens (tertiary/aromatic N) is 4. The standard InChI is InChI=1S/C23H32ClN7/c1-13(2)19-21-20(30-29-19)22(26-16-9-7-8-15(24)12-16)28-23(31(21)14(3)4)27-18-11-6-5-10-17(18)25/h7-9,12-14,17-18,26H,5-6,10-11,25H2,1-4H3,(H,27,28). The minimum absolute atomic E-state index is 0.122. The Labute approximate surface area is 189 Å². The second-order valence-corrected chi connectivity index (χ2v) is 9.46. The Balaban J connectivity index is 1.85. The van der Waals surface area contributed by atoms with E-state index in [1.807, 2.05) is 24.3 Å². The van der Waals surface area contributed by atoms with Gasteiger partial charge in [0.2, 0.25) is 5.95 Å². The van der Waals surface area contributed by atoms with Gasteiger partial charge in [-0.15, -0.1) is 5.10 Å². The van der Waals surface area contributed by atoms with Crippen LogP contribution in [0.25, 0.3) is 11.4 Å². The highest BCUT2D eigenvalue weighted by Gasteiger charge is 2.30. The molecule has 0 aromatic heterocycles. The number of hydrogen-bond donors (Lipinski definition) is 3. The Bertz CT molecular complexity index is 1010. The lowest BCUT2D eigenvalue weighted by molar-refractivity contribution is 0.400. The minimum Gasteiger partial charge on any atom is -0.351 e. The van der Waals surface area contributed by atoms with Gasteiger partial charge in [0.1, 0.15) is 0 Å². The van der Waals surface area contributed by atoms with E-state index in [4.69, 9.17) is 22.3 Å². The van der Waals surface area contributed by atoms with Gasteiger partial charge in [-0.3, -0.25) is 0 Å². The van der Waals surface area contributed by atoms with Crippen LogP contribution in [-0.4, -0.2) is 31.8 Å². The quantitative estimate of drug-likeness (QED) is 0.463. The SMILES string of the molecule is CC(C)c1nnc2c(Nc3cccc(Cl)c3)nc(NC3CCCCC3N)n(C(C)C)c1-2. The smallest absolute Gasteiger partial charge is 0.205 e. The van der Waals surface area contributed by atoms with Gasteiger partial charge in [-0.1, -0.05) is 44.4 Å². The molecule has 0 radical (unpaired) electrons. The molecule has 0 amide bonds. The van der Waals surface area contributed by atoms with Crippen molar-refractivity contribution >= 4 is 29.1 Å². The van der Waals surface area contributed by atoms with Crippen LogP contribution in [0.1, 0.15) is 71.0 Å². The summed E-state index contributed by atoms with van der Waals surface area (Å²) in [6.45, 7) is 8.61. The van der Waals surface area contributed by atoms with Crippen LogP contribution in [0.3, 0.4) is 0 Å². The highest BCUT2D eigenvalue weighted by atomic mass is 35.5. The Morgan fingerprint density at radius 1 is 1.13 bits per heavy atom. The summed E-state index contributed by atoms with van der Waals surface area (Å²) in [6, 6.07) is 8.10. The van der Waals surface area contributed by atoms with Crippen molar-refractivity contribution in [1.82, 2.24) is 19.7 Å². The van der Waals surface area contributed by atoms with Crippen LogP contribution in [0.2, 0.25) is 5.02 Å². The molecule has 7 nitrogen and oxygen atoms in total. The molecule has 2 unspecified atom stereocenters. The van der Waals surface area contributed by atoms with Crippen LogP contribution in [0.15, 0.2) is 24.3 Å². The van der Waals surface area contributed by atoms with Crippen molar-refractivity contribution in [2.24, 2.45) is 5.73 Å². The molecule has 31 heavy (non-hydrogen) atoms. The summed E-state index contributed by atoms with van der Waals surface area (Å²) in [6.07, 6.45) is 4.45. The van der Waals surface area contributed by atoms with Crippen LogP contribution in [-0.2, 0) is 0 Å². The molecule has 4 N–H and O–H groups in total. The molecule has 166 valence electrons. The van der Waals surface area contributed by atoms with Gasteiger partial charge in [0.05, 0.1) is 11.4 Å². The lowest BCUT2D eigenvalue weighted by Gasteiger charge is -2.32. The van der Waals surface area contributed by atoms with E-state index in [0.717, 1.165) is 41.6 Å². The molecule has 0 saturated heterocycles. The maximum Gasteiger partial charge on any atom is 0.205 e. The van der Waals surface area contributed by atoms with E-state index >= 15 is 0 Å². The monoisotopic (exact) mass is 441 g/mol. The second kappa shape index (κ2) is 9.01. The molecule has 1 fully saturated rings. The largest absolute Gasteiger partial charge is 0.351 e. The van der Waals surface area contributed by atoms with E-state index in [1.54, 1.807) is 0 Å². The molecule has 2 heterocycles. The zero-order valence-corrected chi connectivity index (χ0v) is 19.4. The van der Waals surface area contributed by atoms with Crippen molar-refractivity contribution in [3.63, 3.8) is 0 Å². The van der Waals surface area contributed by atoms with Crippen LogP contribution < -0.4 is 16.4 Å². The molecule has 1 saturated carbocycles. The number of hydrogen-bond acceptors (Lipinski definition) is 6. The molecule has 8 heteroatoms. The van der Waals surface area contributed by atoms with Crippen molar-refractivity contribution in [3.05, 3.63) is 35.0 Å². The van der Waals surface area contributed by atoms with Crippen molar-refractivity contribution in [2.45, 2.75) is 77.4 Å². The molecular weight excluding hydrogens is 410 g/mol. The number of nitrogens with two attached hydrogens (primary N) is 1. The summed E-state index contributed by atoms with van der Waals surface area (Å²) in [7, 11) is 0. The second-order valence-electron chi connectivity index (χ2n) is 9.02. The third kappa shape index (κ3) is 4.48. The zero-order valence-electron chi connectivity index (χ0n) is 18.7. The van der Waals surface area contributed by atoms with Gasteiger partial charge in [-0.25, -0.2) is 0 Å². The van der Waals surface area contributed by atoms with E-state index in [1.165, 1.54) is 12.8 Å². The maximum atomic E-state index is 6.45. The fourth-order valence-corrected chi connectivity index (χ4v) is 4.51. The number of nitrogens with one attached hydrogen (secondary N) is 2. The van der Waals surface area contributed by atoms with Gasteiger partial charge >= 0.3 is 0 Å². The van der Waals surface area contributed by atoms with Gasteiger partial charge in [0.15, 0.2) is 11.5 Å². The summed E-state index contributed by atoms with van der Waals surface area (Å²) >= 11 is 6.20. The van der Waals surface area contributed by atoms with Gasteiger partial charge in [-0.2, -0.15) is 10.1 Å². The third-order valence-electron chi connectivity index (χ3n) is 5.92. The summed E-state index contributed by atoms with van der Waals surface area (Å²) in [5.74, 6) is 1.70. The maximum absolute atomic E-state index is 6.45. The van der Waals surface area contributed by atoms with Crippen molar-refractivity contribution in [3.8, 4) is 11.4 Å². The average molecular weight is 442 g/mol. The van der Waals surface area contributed by atoms with E-state index in [-0.39, 0.29) is 24.0 Å². The molecule has 0 spiro atoms. The van der Waals surface area contributed by atoms with Crippen LogP contribution in [0.4, 0.5) is 17.5 Å². The molecule has 4 rings (SSSR count). The van der Waals surface area contributed by atoms with E-state index in [2.05, 4.69) is 53.1 Å². The first kappa shape index (κ1) is 21.8. The normalized spacial score (nSPS) is 19.4. The van der Waals surface area contributed by atoms with Gasteiger partial charge in [0, 0.05) is 28.8 Å². The number of anilines is 3. The average Bonchev–Trinajstić information content (AvgIpc) is 3.15. The third-order valence-corrected chi connectivity index (χ3v) is 6.16. The molecule has 2 atom stereocenters. The first-order chi connectivity index (χ1) is 14.8. The van der Waals surface area contributed by atoms with Gasteiger partial charge in [0.25, 0.3) is 0 Å². The first-order valence-electron chi connectivity index (χ1n) is 11.2. The predicted octanol–water partition coefficient (Wildman–Crippen LogP) is 5.56. The summed E-state index contributed by atoms with van der Waals surface area (Å²) in [4.78, 5) is 4.99. The highest BCUT2D eigenvalue weighted by molar-refractivity contribution is 6.30. The molecule has 0 bridgehead atoms. The van der Waals surface area contributed by atoms with Crippen LogP contribution >= 0.6 is 11.6 Å². The topological polar surface area (TPSA) is 93.7 Å². The lowest BCUT2D eigenvalue weighted by atomic mass is 9.91. The first-order valence-corrected chi connectivity index (χ1v) is 11.6. The predicted molar refractivity (Wildman–Crippen MR) is 128 cm³/mol. The van der Waals surface area contributed by atoms with Gasteiger partial charge < -0.3 is 20.9 Å². The summed E-state index contributed by atoms with van der Waals surface area (Å²) in [5.41, 5.74) is 10.0. The fourth-order valence-electron chi connectivity index (χ4n) is 4.32. The Hall–Kier alpha value is -2.38. The van der Waals surface area contributed by atoms with E-state index in [0.29, 0.717) is 10.8 Å². The Morgan fingerprint density at radius 2 is 1.90 bits per heavy atom. The van der Waals surface area contributed by atoms with Crippen molar-refractivity contribution in [2.75, 3.05) is 10.6 Å². The molecule has 1 aromatic carbocycles. The number of halogens is 1. The van der Waals surface area contributed by atoms with Crippen LogP contribution in [0.5, 0.6) is 0 Å². The Morgan fingerprint density at radius 3 is 2.58 bits per heavy atom. The molecule has 1 aromatic rings. The summed E-state index contributed by atoms with van der Waals surface area (Å²) < 4.78 is 2.22. The highest BCUT2D eigenvalue weighted by Crippen LogP contribution is 2.39. The van der Waals surface area contributed by atoms with Crippen molar-refractivity contribution < 1.29 is 0 Å². The number of aromatic nitrogens is 4. The van der Waals surface area contributed by atoms with Crippen molar-refractivity contribution in [1.29, 1.82) is 0 Å². The lowest BCUT2D eigenvalue weighted by Crippen LogP contribution is -2.43. The zero-order chi connectivity index (χ0) is 22.1. The molecule has 3 aliphatic rings. The van der Waals surface area contributed by atoms with Gasteiger partial charge in [-0.05, 0) is 50.8 Å². The molecule has 2 aliphatic heterocycles. The fraction of sp³-hybridized carbons (Fsp3) is 0.522. The minimum atomic E-state index is 0.122. The summed E-state index contributed by atoms with van der Waals surface area (Å²) in [5, 5.41) is 16.8. The van der Waals surface area contributed by atoms with Crippen LogP contribution in [0, 0.1) is 0 Å². The van der Waals surface area contributed by atoms with E-state index < -0.39 is 0 Å². The number of rotatable bonds is 6.